The molecule has 1 saturated heterocycles. The van der Waals surface area contributed by atoms with Crippen LogP contribution in [-0.4, -0.2) is 18.0 Å². The van der Waals surface area contributed by atoms with Gasteiger partial charge in [-0.1, -0.05) is 52.5 Å². The highest BCUT2D eigenvalue weighted by Crippen LogP contribution is 2.35. The highest BCUT2D eigenvalue weighted by molar-refractivity contribution is 9.10. The lowest BCUT2D eigenvalue weighted by Gasteiger charge is -2.28. The van der Waals surface area contributed by atoms with E-state index < -0.39 is 5.54 Å². The van der Waals surface area contributed by atoms with Crippen molar-refractivity contribution in [3.63, 3.8) is 0 Å². The quantitative estimate of drug-likeness (QED) is 0.801. The lowest BCUT2D eigenvalue weighted by molar-refractivity contribution is -0.122. The first-order chi connectivity index (χ1) is 9.48. The van der Waals surface area contributed by atoms with Gasteiger partial charge >= 0.3 is 0 Å². The van der Waals surface area contributed by atoms with E-state index in [4.69, 9.17) is 23.2 Å². The molecule has 0 aliphatic carbocycles. The molecule has 0 bridgehead atoms. The first-order valence-electron chi connectivity index (χ1n) is 6.69. The van der Waals surface area contributed by atoms with E-state index in [9.17, 15) is 4.79 Å². The second-order valence-corrected chi connectivity index (χ2v) is 6.79. The second-order valence-electron chi connectivity index (χ2n) is 5.06. The van der Waals surface area contributed by atoms with Gasteiger partial charge < -0.3 is 10.6 Å². The van der Waals surface area contributed by atoms with Gasteiger partial charge in [-0.05, 0) is 37.9 Å². The largest absolute Gasteiger partial charge is 0.322 e. The Morgan fingerprint density at radius 2 is 2.10 bits per heavy atom. The summed E-state index contributed by atoms with van der Waals surface area (Å²) < 4.78 is 0.785. The number of hydrogen-bond donors (Lipinski definition) is 2. The van der Waals surface area contributed by atoms with Crippen LogP contribution < -0.4 is 10.6 Å². The van der Waals surface area contributed by atoms with E-state index in [1.807, 2.05) is 0 Å². The molecule has 0 aromatic heterocycles. The third-order valence-electron chi connectivity index (χ3n) is 3.60. The Morgan fingerprint density at radius 3 is 2.60 bits per heavy atom. The molecule has 2 rings (SSSR count). The molecule has 1 aromatic carbocycles. The molecule has 3 nitrogen and oxygen atoms in total. The molecule has 110 valence electrons. The van der Waals surface area contributed by atoms with Gasteiger partial charge in [-0.25, -0.2) is 0 Å². The number of hydrogen-bond acceptors (Lipinski definition) is 2. The van der Waals surface area contributed by atoms with Gasteiger partial charge in [0.05, 0.1) is 21.3 Å². The smallest absolute Gasteiger partial charge is 0.244 e. The van der Waals surface area contributed by atoms with Crippen LogP contribution >= 0.6 is 39.1 Å². The summed E-state index contributed by atoms with van der Waals surface area (Å²) in [6, 6.07) is 3.44. The zero-order valence-corrected chi connectivity index (χ0v) is 14.3. The zero-order valence-electron chi connectivity index (χ0n) is 11.2. The van der Waals surface area contributed by atoms with Gasteiger partial charge in [0.2, 0.25) is 5.91 Å². The van der Waals surface area contributed by atoms with Crippen LogP contribution in [-0.2, 0) is 4.79 Å². The number of carbonyl (C=O) groups is 1. The number of carbonyl (C=O) groups excluding carboxylic acids is 1. The molecule has 1 amide bonds. The maximum absolute atomic E-state index is 12.6. The lowest BCUT2D eigenvalue weighted by atomic mass is 9.91. The molecule has 2 N–H and O–H groups in total. The van der Waals surface area contributed by atoms with Crippen molar-refractivity contribution >= 4 is 50.7 Å². The number of benzene rings is 1. The van der Waals surface area contributed by atoms with E-state index >= 15 is 0 Å². The van der Waals surface area contributed by atoms with Crippen molar-refractivity contribution < 1.29 is 4.79 Å². The van der Waals surface area contributed by atoms with Gasteiger partial charge in [0, 0.05) is 4.47 Å². The van der Waals surface area contributed by atoms with Crippen molar-refractivity contribution in [1.82, 2.24) is 5.32 Å². The summed E-state index contributed by atoms with van der Waals surface area (Å²) in [6.07, 6.45) is 3.61. The SMILES string of the molecule is CCCC1(C(=O)Nc2c(Cl)cc(Br)cc2Cl)CCCN1. The average Bonchev–Trinajstić information content (AvgIpc) is 2.83. The molecule has 1 unspecified atom stereocenters. The highest BCUT2D eigenvalue weighted by Gasteiger charge is 2.40. The Hall–Kier alpha value is -0.290. The van der Waals surface area contributed by atoms with Crippen molar-refractivity contribution in [3.8, 4) is 0 Å². The standard InChI is InChI=1S/C14H17BrCl2N2O/c1-2-4-14(5-3-6-18-14)13(20)19-12-10(16)7-9(15)8-11(12)17/h7-8,18H,2-6H2,1H3,(H,19,20). The maximum Gasteiger partial charge on any atom is 0.244 e. The van der Waals surface area contributed by atoms with Crippen molar-refractivity contribution in [3.05, 3.63) is 26.7 Å². The van der Waals surface area contributed by atoms with Crippen molar-refractivity contribution in [1.29, 1.82) is 0 Å². The minimum Gasteiger partial charge on any atom is -0.322 e. The highest BCUT2D eigenvalue weighted by atomic mass is 79.9. The summed E-state index contributed by atoms with van der Waals surface area (Å²) in [7, 11) is 0. The van der Waals surface area contributed by atoms with E-state index in [-0.39, 0.29) is 5.91 Å². The molecule has 0 saturated carbocycles. The van der Waals surface area contributed by atoms with Crippen LogP contribution in [0.25, 0.3) is 0 Å². The summed E-state index contributed by atoms with van der Waals surface area (Å²) in [4.78, 5) is 12.6. The van der Waals surface area contributed by atoms with E-state index in [1.54, 1.807) is 12.1 Å². The molecule has 1 aliphatic rings. The predicted octanol–water partition coefficient (Wildman–Crippen LogP) is 4.62. The van der Waals surface area contributed by atoms with Crippen LogP contribution in [0.15, 0.2) is 16.6 Å². The predicted molar refractivity (Wildman–Crippen MR) is 87.7 cm³/mol. The molecule has 1 atom stereocenters. The summed E-state index contributed by atoms with van der Waals surface area (Å²) in [5, 5.41) is 7.09. The minimum atomic E-state index is -0.492. The number of halogens is 3. The van der Waals surface area contributed by atoms with Crippen LogP contribution in [0, 0.1) is 0 Å². The molecule has 0 spiro atoms. The minimum absolute atomic E-state index is 0.0528. The fraction of sp³-hybridized carbons (Fsp3) is 0.500. The third-order valence-corrected chi connectivity index (χ3v) is 4.65. The lowest BCUT2D eigenvalue weighted by Crippen LogP contribution is -2.50. The molecule has 6 heteroatoms. The zero-order chi connectivity index (χ0) is 14.8. The average molecular weight is 380 g/mol. The van der Waals surface area contributed by atoms with Crippen LogP contribution in [0.2, 0.25) is 10.0 Å². The normalized spacial score (nSPS) is 22.0. The summed E-state index contributed by atoms with van der Waals surface area (Å²) in [6.45, 7) is 2.95. The fourth-order valence-electron chi connectivity index (χ4n) is 2.65. The first kappa shape index (κ1) is 16.1. The third kappa shape index (κ3) is 3.30. The maximum atomic E-state index is 12.6. The van der Waals surface area contributed by atoms with E-state index in [0.29, 0.717) is 15.7 Å². The van der Waals surface area contributed by atoms with E-state index in [1.165, 1.54) is 0 Å². The van der Waals surface area contributed by atoms with Crippen molar-refractivity contribution in [2.45, 2.75) is 38.1 Å². The molecule has 1 aromatic rings. The molecule has 1 aliphatic heterocycles. The van der Waals surface area contributed by atoms with Crippen LogP contribution in [0.4, 0.5) is 5.69 Å². The van der Waals surface area contributed by atoms with Crippen molar-refractivity contribution in [2.24, 2.45) is 0 Å². The van der Waals surface area contributed by atoms with E-state index in [0.717, 1.165) is 36.7 Å². The Morgan fingerprint density at radius 1 is 1.45 bits per heavy atom. The number of rotatable bonds is 4. The van der Waals surface area contributed by atoms with Gasteiger partial charge in [0.25, 0.3) is 0 Å². The second kappa shape index (κ2) is 6.65. The molecule has 0 radical (unpaired) electrons. The summed E-state index contributed by atoms with van der Waals surface area (Å²) in [5.41, 5.74) is -0.0141. The molecule has 20 heavy (non-hydrogen) atoms. The first-order valence-corrected chi connectivity index (χ1v) is 8.24. The summed E-state index contributed by atoms with van der Waals surface area (Å²) >= 11 is 15.6. The number of nitrogens with one attached hydrogen (secondary N) is 2. The Kier molecular flexibility index (Phi) is 5.35. The van der Waals surface area contributed by atoms with Gasteiger partial charge in [0.1, 0.15) is 0 Å². The number of amides is 1. The van der Waals surface area contributed by atoms with E-state index in [2.05, 4.69) is 33.5 Å². The van der Waals surface area contributed by atoms with Gasteiger partial charge in [-0.3, -0.25) is 4.79 Å². The Labute approximate surface area is 137 Å². The molecule has 1 fully saturated rings. The fourth-order valence-corrected chi connectivity index (χ4v) is 3.95. The molecular weight excluding hydrogens is 363 g/mol. The van der Waals surface area contributed by atoms with Gasteiger partial charge in [-0.15, -0.1) is 0 Å². The van der Waals surface area contributed by atoms with Crippen molar-refractivity contribution in [2.75, 3.05) is 11.9 Å². The van der Waals surface area contributed by atoms with Crippen LogP contribution in [0.1, 0.15) is 32.6 Å². The Bertz CT molecular complexity index is 493. The van der Waals surface area contributed by atoms with Gasteiger partial charge in [0.15, 0.2) is 0 Å². The monoisotopic (exact) mass is 378 g/mol. The van der Waals surface area contributed by atoms with Gasteiger partial charge in [-0.2, -0.15) is 0 Å². The summed E-state index contributed by atoms with van der Waals surface area (Å²) in [5.74, 6) is -0.0528. The topological polar surface area (TPSA) is 41.1 Å². The number of anilines is 1. The molecular formula is C14H17BrCl2N2O. The Balaban J connectivity index is 2.23. The molecule has 1 heterocycles. The van der Waals surface area contributed by atoms with Crippen LogP contribution in [0.3, 0.4) is 0 Å². The van der Waals surface area contributed by atoms with Crippen LogP contribution in [0.5, 0.6) is 0 Å².